The Hall–Kier alpha value is -1.20. The molecule has 2 atom stereocenters. The molecule has 1 fully saturated rings. The number of hydrogen-bond acceptors (Lipinski definition) is 4. The van der Waals surface area contributed by atoms with Gasteiger partial charge in [0.15, 0.2) is 0 Å². The van der Waals surface area contributed by atoms with Crippen LogP contribution in [0.2, 0.25) is 0 Å². The van der Waals surface area contributed by atoms with Crippen molar-refractivity contribution < 1.29 is 4.74 Å². The molecule has 1 aromatic heterocycles. The van der Waals surface area contributed by atoms with Crippen molar-refractivity contribution >= 4 is 23.0 Å². The number of pyridine rings is 1. The van der Waals surface area contributed by atoms with E-state index in [0.717, 1.165) is 25.5 Å². The molecule has 0 saturated carbocycles. The largest absolute Gasteiger partial charge is 0.388 e. The van der Waals surface area contributed by atoms with E-state index in [1.165, 1.54) is 0 Å². The van der Waals surface area contributed by atoms with E-state index in [4.69, 9.17) is 22.7 Å². The van der Waals surface area contributed by atoms with Crippen LogP contribution in [-0.4, -0.2) is 29.2 Å². The molecule has 2 rings (SSSR count). The molecule has 0 spiro atoms. The third kappa shape index (κ3) is 3.14. The van der Waals surface area contributed by atoms with Crippen molar-refractivity contribution in [3.63, 3.8) is 0 Å². The number of aromatic nitrogens is 1. The molecular weight excluding hydrogens is 234 g/mol. The first kappa shape index (κ1) is 12.3. The fourth-order valence-electron chi connectivity index (χ4n) is 1.95. The van der Waals surface area contributed by atoms with Gasteiger partial charge in [-0.2, -0.15) is 0 Å². The Morgan fingerprint density at radius 1 is 1.65 bits per heavy atom. The SMILES string of the molecule is CC(Nc1cccc(C(N)=S)n1)C1CCOC1. The first-order chi connectivity index (χ1) is 8.16. The summed E-state index contributed by atoms with van der Waals surface area (Å²) in [5, 5.41) is 3.37. The second kappa shape index (κ2) is 5.42. The van der Waals surface area contributed by atoms with Crippen LogP contribution in [0.5, 0.6) is 0 Å². The Morgan fingerprint density at radius 2 is 2.47 bits per heavy atom. The monoisotopic (exact) mass is 251 g/mol. The molecule has 1 aromatic rings. The summed E-state index contributed by atoms with van der Waals surface area (Å²) in [4.78, 5) is 4.69. The number of ether oxygens (including phenoxy) is 1. The lowest BCUT2D eigenvalue weighted by molar-refractivity contribution is 0.183. The van der Waals surface area contributed by atoms with Gasteiger partial charge in [0.25, 0.3) is 0 Å². The molecule has 0 bridgehead atoms. The fraction of sp³-hybridized carbons (Fsp3) is 0.500. The second-order valence-electron chi connectivity index (χ2n) is 4.33. The quantitative estimate of drug-likeness (QED) is 0.795. The summed E-state index contributed by atoms with van der Waals surface area (Å²) in [6.07, 6.45) is 1.10. The summed E-state index contributed by atoms with van der Waals surface area (Å²) >= 11 is 4.91. The highest BCUT2D eigenvalue weighted by atomic mass is 32.1. The van der Waals surface area contributed by atoms with Gasteiger partial charge in [-0.25, -0.2) is 4.98 Å². The molecule has 92 valence electrons. The van der Waals surface area contributed by atoms with E-state index in [-0.39, 0.29) is 0 Å². The van der Waals surface area contributed by atoms with Crippen LogP contribution in [0.4, 0.5) is 5.82 Å². The number of nitrogens with zero attached hydrogens (tertiary/aromatic N) is 1. The molecule has 3 N–H and O–H groups in total. The van der Waals surface area contributed by atoms with Crippen molar-refractivity contribution in [2.75, 3.05) is 18.5 Å². The molecular formula is C12H17N3OS. The van der Waals surface area contributed by atoms with Crippen molar-refractivity contribution in [2.24, 2.45) is 11.7 Å². The van der Waals surface area contributed by atoms with E-state index in [0.29, 0.717) is 22.6 Å². The number of anilines is 1. The van der Waals surface area contributed by atoms with Crippen LogP contribution in [0.3, 0.4) is 0 Å². The van der Waals surface area contributed by atoms with Crippen LogP contribution in [0.1, 0.15) is 19.0 Å². The van der Waals surface area contributed by atoms with Gasteiger partial charge < -0.3 is 15.8 Å². The number of hydrogen-bond donors (Lipinski definition) is 2. The smallest absolute Gasteiger partial charge is 0.126 e. The minimum Gasteiger partial charge on any atom is -0.388 e. The molecule has 1 saturated heterocycles. The molecule has 17 heavy (non-hydrogen) atoms. The molecule has 2 unspecified atom stereocenters. The van der Waals surface area contributed by atoms with Crippen molar-refractivity contribution in [1.82, 2.24) is 4.98 Å². The summed E-state index contributed by atoms with van der Waals surface area (Å²) in [6, 6.07) is 5.98. The Balaban J connectivity index is 2.02. The molecule has 4 nitrogen and oxygen atoms in total. The van der Waals surface area contributed by atoms with E-state index >= 15 is 0 Å². The van der Waals surface area contributed by atoms with Gasteiger partial charge in [0.1, 0.15) is 10.8 Å². The van der Waals surface area contributed by atoms with Gasteiger partial charge in [-0.15, -0.1) is 0 Å². The van der Waals surface area contributed by atoms with E-state index in [9.17, 15) is 0 Å². The maximum Gasteiger partial charge on any atom is 0.126 e. The van der Waals surface area contributed by atoms with Crippen LogP contribution in [0, 0.1) is 5.92 Å². The Morgan fingerprint density at radius 3 is 3.12 bits per heavy atom. The summed E-state index contributed by atoms with van der Waals surface area (Å²) in [7, 11) is 0. The molecule has 0 radical (unpaired) electrons. The zero-order chi connectivity index (χ0) is 12.3. The zero-order valence-electron chi connectivity index (χ0n) is 9.85. The Kier molecular flexibility index (Phi) is 3.91. The van der Waals surface area contributed by atoms with Gasteiger partial charge in [0, 0.05) is 18.6 Å². The molecule has 2 heterocycles. The van der Waals surface area contributed by atoms with Gasteiger partial charge in [0.05, 0.1) is 12.3 Å². The summed E-state index contributed by atoms with van der Waals surface area (Å²) in [5.41, 5.74) is 6.21. The van der Waals surface area contributed by atoms with Crippen molar-refractivity contribution in [3.8, 4) is 0 Å². The average molecular weight is 251 g/mol. The Bertz CT molecular complexity index is 404. The molecule has 1 aliphatic heterocycles. The third-order valence-electron chi connectivity index (χ3n) is 3.05. The Labute approximate surface area is 107 Å². The first-order valence-electron chi connectivity index (χ1n) is 5.78. The highest BCUT2D eigenvalue weighted by molar-refractivity contribution is 7.80. The lowest BCUT2D eigenvalue weighted by Gasteiger charge is -2.20. The summed E-state index contributed by atoms with van der Waals surface area (Å²) in [5.74, 6) is 1.36. The average Bonchev–Trinajstić information content (AvgIpc) is 2.82. The highest BCUT2D eigenvalue weighted by Crippen LogP contribution is 2.19. The number of nitrogens with one attached hydrogen (secondary N) is 1. The van der Waals surface area contributed by atoms with E-state index in [2.05, 4.69) is 17.2 Å². The molecule has 5 heteroatoms. The normalized spacial score (nSPS) is 21.1. The second-order valence-corrected chi connectivity index (χ2v) is 4.77. The van der Waals surface area contributed by atoms with E-state index in [1.807, 2.05) is 18.2 Å². The van der Waals surface area contributed by atoms with Gasteiger partial charge in [-0.05, 0) is 25.5 Å². The lowest BCUT2D eigenvalue weighted by atomic mass is 10.0. The van der Waals surface area contributed by atoms with Crippen LogP contribution in [-0.2, 0) is 4.74 Å². The fourth-order valence-corrected chi connectivity index (χ4v) is 2.06. The molecule has 0 aliphatic carbocycles. The number of thiocarbonyl (C=S) groups is 1. The van der Waals surface area contributed by atoms with E-state index < -0.39 is 0 Å². The van der Waals surface area contributed by atoms with Crippen LogP contribution < -0.4 is 11.1 Å². The van der Waals surface area contributed by atoms with Gasteiger partial charge >= 0.3 is 0 Å². The topological polar surface area (TPSA) is 60.2 Å². The minimum atomic E-state index is 0.325. The summed E-state index contributed by atoms with van der Waals surface area (Å²) in [6.45, 7) is 3.83. The lowest BCUT2D eigenvalue weighted by Crippen LogP contribution is -2.27. The van der Waals surface area contributed by atoms with Gasteiger partial charge in [-0.1, -0.05) is 18.3 Å². The van der Waals surface area contributed by atoms with Crippen molar-refractivity contribution in [1.29, 1.82) is 0 Å². The maximum absolute atomic E-state index is 5.56. The van der Waals surface area contributed by atoms with Crippen molar-refractivity contribution in [2.45, 2.75) is 19.4 Å². The molecule has 0 amide bonds. The highest BCUT2D eigenvalue weighted by Gasteiger charge is 2.22. The van der Waals surface area contributed by atoms with Crippen LogP contribution in [0.25, 0.3) is 0 Å². The van der Waals surface area contributed by atoms with Crippen LogP contribution in [0.15, 0.2) is 18.2 Å². The molecule has 0 aromatic carbocycles. The van der Waals surface area contributed by atoms with Gasteiger partial charge in [-0.3, -0.25) is 0 Å². The minimum absolute atomic E-state index is 0.325. The van der Waals surface area contributed by atoms with Crippen LogP contribution >= 0.6 is 12.2 Å². The zero-order valence-corrected chi connectivity index (χ0v) is 10.7. The standard InChI is InChI=1S/C12H17N3OS/c1-8(9-5-6-16-7-9)14-11-4-2-3-10(15-11)12(13)17/h2-4,8-9H,5-7H2,1H3,(H2,13,17)(H,14,15). The van der Waals surface area contributed by atoms with E-state index in [1.54, 1.807) is 0 Å². The number of rotatable bonds is 4. The molecule has 1 aliphatic rings. The number of nitrogens with two attached hydrogens (primary N) is 1. The summed E-state index contributed by atoms with van der Waals surface area (Å²) < 4.78 is 5.38. The predicted molar refractivity (Wildman–Crippen MR) is 72.1 cm³/mol. The first-order valence-corrected chi connectivity index (χ1v) is 6.19. The predicted octanol–water partition coefficient (Wildman–Crippen LogP) is 1.55. The maximum atomic E-state index is 5.56. The van der Waals surface area contributed by atoms with Gasteiger partial charge in [0.2, 0.25) is 0 Å². The van der Waals surface area contributed by atoms with Crippen molar-refractivity contribution in [3.05, 3.63) is 23.9 Å². The third-order valence-corrected chi connectivity index (χ3v) is 3.26.